The largest absolute Gasteiger partial charge is 0.493 e. The number of carbonyl (C=O) groups excluding carboxylic acids is 1. The van der Waals surface area contributed by atoms with Crippen molar-refractivity contribution in [2.45, 2.75) is 6.10 Å². The molecule has 6 heteroatoms. The standard InChI is InChI=1S/C11H13NO4.H4Si/c1-14-9-4-2-3-5-10(9)15-7-8-6-12-11(13)16-8;/h2-5,8H,6-7H2,1H3,(H,12,13);1H4. The molecule has 1 unspecified atom stereocenters. The quantitative estimate of drug-likeness (QED) is 0.753. The van der Waals surface area contributed by atoms with E-state index in [0.717, 1.165) is 0 Å². The van der Waals surface area contributed by atoms with Gasteiger partial charge in [-0.2, -0.15) is 0 Å². The zero-order chi connectivity index (χ0) is 11.4. The lowest BCUT2D eigenvalue weighted by Gasteiger charge is -2.12. The molecule has 0 aromatic heterocycles. The monoisotopic (exact) mass is 255 g/mol. The zero-order valence-electron chi connectivity index (χ0n) is 8.93. The van der Waals surface area contributed by atoms with Crippen molar-refractivity contribution in [2.24, 2.45) is 0 Å². The summed E-state index contributed by atoms with van der Waals surface area (Å²) in [5, 5.41) is 2.56. The third kappa shape index (κ3) is 3.38. The van der Waals surface area contributed by atoms with Gasteiger partial charge in [0, 0.05) is 0 Å². The first-order valence-electron chi connectivity index (χ1n) is 5.00. The average Bonchev–Trinajstić information content (AvgIpc) is 2.73. The molecule has 1 aliphatic heterocycles. The molecule has 94 valence electrons. The number of rotatable bonds is 4. The molecule has 1 saturated heterocycles. The van der Waals surface area contributed by atoms with Gasteiger partial charge in [0.1, 0.15) is 6.61 Å². The smallest absolute Gasteiger partial charge is 0.407 e. The highest BCUT2D eigenvalue weighted by Gasteiger charge is 2.23. The van der Waals surface area contributed by atoms with E-state index in [4.69, 9.17) is 14.2 Å². The number of carbonyl (C=O) groups is 1. The van der Waals surface area contributed by atoms with Crippen molar-refractivity contribution in [1.29, 1.82) is 0 Å². The fraction of sp³-hybridized carbons (Fsp3) is 0.364. The average molecular weight is 255 g/mol. The Morgan fingerprint density at radius 3 is 2.71 bits per heavy atom. The normalized spacial score (nSPS) is 17.7. The number of hydrogen-bond acceptors (Lipinski definition) is 4. The molecule has 0 radical (unpaired) electrons. The van der Waals surface area contributed by atoms with Gasteiger partial charge in [-0.25, -0.2) is 4.79 Å². The van der Waals surface area contributed by atoms with Gasteiger partial charge in [-0.15, -0.1) is 0 Å². The van der Waals surface area contributed by atoms with E-state index in [1.54, 1.807) is 7.11 Å². The Bertz CT molecular complexity index is 385. The number of nitrogens with one attached hydrogen (secondary N) is 1. The molecule has 5 nitrogen and oxygen atoms in total. The molecular formula is C11H17NO4Si. The first-order valence-corrected chi connectivity index (χ1v) is 5.00. The van der Waals surface area contributed by atoms with E-state index in [-0.39, 0.29) is 17.1 Å². The van der Waals surface area contributed by atoms with E-state index in [9.17, 15) is 4.79 Å². The van der Waals surface area contributed by atoms with Crippen molar-refractivity contribution < 1.29 is 19.0 Å². The summed E-state index contributed by atoms with van der Waals surface area (Å²) in [4.78, 5) is 10.8. The van der Waals surface area contributed by atoms with Gasteiger partial charge in [-0.1, -0.05) is 12.1 Å². The van der Waals surface area contributed by atoms with Gasteiger partial charge in [-0.05, 0) is 23.1 Å². The summed E-state index contributed by atoms with van der Waals surface area (Å²) < 4.78 is 15.6. The second-order valence-corrected chi connectivity index (χ2v) is 3.37. The summed E-state index contributed by atoms with van der Waals surface area (Å²) in [6, 6.07) is 7.34. The molecule has 0 saturated carbocycles. The summed E-state index contributed by atoms with van der Waals surface area (Å²) in [5.74, 6) is 1.31. The first-order chi connectivity index (χ1) is 7.79. The molecule has 1 heterocycles. The number of hydrogen-bond donors (Lipinski definition) is 1. The molecule has 1 aromatic carbocycles. The zero-order valence-corrected chi connectivity index (χ0v) is 8.93. The number of para-hydroxylation sites is 2. The van der Waals surface area contributed by atoms with Gasteiger partial charge >= 0.3 is 6.09 Å². The Balaban J connectivity index is 0.00000144. The molecule has 17 heavy (non-hydrogen) atoms. The minimum absolute atomic E-state index is 0. The Morgan fingerprint density at radius 1 is 1.41 bits per heavy atom. The topological polar surface area (TPSA) is 56.8 Å². The van der Waals surface area contributed by atoms with Crippen molar-refractivity contribution in [3.63, 3.8) is 0 Å². The van der Waals surface area contributed by atoms with Crippen LogP contribution in [0.3, 0.4) is 0 Å². The van der Waals surface area contributed by atoms with E-state index in [1.807, 2.05) is 24.3 Å². The summed E-state index contributed by atoms with van der Waals surface area (Å²) in [5.41, 5.74) is 0. The molecule has 2 rings (SSSR count). The minimum atomic E-state index is -0.395. The van der Waals surface area contributed by atoms with E-state index >= 15 is 0 Å². The molecule has 1 atom stereocenters. The van der Waals surface area contributed by atoms with E-state index < -0.39 is 6.09 Å². The maximum Gasteiger partial charge on any atom is 0.407 e. The summed E-state index contributed by atoms with van der Waals surface area (Å²) >= 11 is 0. The van der Waals surface area contributed by atoms with Crippen LogP contribution < -0.4 is 14.8 Å². The Hall–Kier alpha value is -1.69. The minimum Gasteiger partial charge on any atom is -0.493 e. The van der Waals surface area contributed by atoms with Crippen LogP contribution in [0.5, 0.6) is 11.5 Å². The van der Waals surface area contributed by atoms with Crippen molar-refractivity contribution >= 4 is 17.1 Å². The molecular weight excluding hydrogens is 238 g/mol. The highest BCUT2D eigenvalue weighted by Crippen LogP contribution is 2.25. The van der Waals surface area contributed by atoms with Crippen LogP contribution in [0, 0.1) is 0 Å². The second kappa shape index (κ2) is 6.14. The van der Waals surface area contributed by atoms with Crippen LogP contribution in [-0.2, 0) is 4.74 Å². The van der Waals surface area contributed by atoms with E-state index in [0.29, 0.717) is 24.7 Å². The summed E-state index contributed by atoms with van der Waals surface area (Å²) in [6.45, 7) is 0.799. The molecule has 0 bridgehead atoms. The van der Waals surface area contributed by atoms with Crippen LogP contribution in [-0.4, -0.2) is 43.4 Å². The van der Waals surface area contributed by atoms with Gasteiger partial charge in [0.2, 0.25) is 0 Å². The molecule has 1 aromatic rings. The third-order valence-corrected chi connectivity index (χ3v) is 2.24. The number of methoxy groups -OCH3 is 1. The van der Waals surface area contributed by atoms with Crippen LogP contribution in [0.25, 0.3) is 0 Å². The second-order valence-electron chi connectivity index (χ2n) is 3.37. The predicted molar refractivity (Wildman–Crippen MR) is 68.1 cm³/mol. The maximum absolute atomic E-state index is 10.8. The van der Waals surface area contributed by atoms with Gasteiger partial charge < -0.3 is 19.5 Å². The van der Waals surface area contributed by atoms with Crippen LogP contribution in [0.2, 0.25) is 0 Å². The van der Waals surface area contributed by atoms with Crippen LogP contribution in [0.1, 0.15) is 0 Å². The Morgan fingerprint density at radius 2 is 2.12 bits per heavy atom. The molecule has 1 N–H and O–H groups in total. The fourth-order valence-corrected chi connectivity index (χ4v) is 1.45. The predicted octanol–water partition coefficient (Wildman–Crippen LogP) is -0.269. The lowest BCUT2D eigenvalue weighted by molar-refractivity contribution is 0.103. The first kappa shape index (κ1) is 13.4. The number of ether oxygens (including phenoxy) is 3. The molecule has 0 aliphatic carbocycles. The lowest BCUT2D eigenvalue weighted by atomic mass is 10.3. The highest BCUT2D eigenvalue weighted by molar-refractivity contribution is 5.75. The fourth-order valence-electron chi connectivity index (χ4n) is 1.45. The molecule has 0 spiro atoms. The lowest BCUT2D eigenvalue weighted by Crippen LogP contribution is -2.22. The maximum atomic E-state index is 10.8. The van der Waals surface area contributed by atoms with Gasteiger partial charge in [0.05, 0.1) is 13.7 Å². The Kier molecular flexibility index (Phi) is 4.83. The molecule has 1 aliphatic rings. The number of benzene rings is 1. The van der Waals surface area contributed by atoms with Crippen LogP contribution in [0.4, 0.5) is 4.79 Å². The third-order valence-electron chi connectivity index (χ3n) is 2.24. The van der Waals surface area contributed by atoms with Crippen LogP contribution >= 0.6 is 0 Å². The van der Waals surface area contributed by atoms with Gasteiger partial charge in [-0.3, -0.25) is 0 Å². The number of cyclic esters (lactones) is 1. The van der Waals surface area contributed by atoms with Crippen molar-refractivity contribution in [2.75, 3.05) is 20.3 Å². The van der Waals surface area contributed by atoms with Gasteiger partial charge in [0.15, 0.2) is 17.6 Å². The number of alkyl carbamates (subject to hydrolysis) is 1. The highest BCUT2D eigenvalue weighted by atomic mass is 28.1. The Labute approximate surface area is 104 Å². The van der Waals surface area contributed by atoms with E-state index in [1.165, 1.54) is 0 Å². The molecule has 1 fully saturated rings. The van der Waals surface area contributed by atoms with E-state index in [2.05, 4.69) is 5.32 Å². The van der Waals surface area contributed by atoms with Crippen molar-refractivity contribution in [3.8, 4) is 11.5 Å². The van der Waals surface area contributed by atoms with Crippen LogP contribution in [0.15, 0.2) is 24.3 Å². The SMILES string of the molecule is COc1ccccc1OCC1CNC(=O)O1.[SiH4]. The summed E-state index contributed by atoms with van der Waals surface area (Å²) in [7, 11) is 1.58. The van der Waals surface area contributed by atoms with Crippen molar-refractivity contribution in [1.82, 2.24) is 5.32 Å². The molecule has 1 amide bonds. The number of amides is 1. The van der Waals surface area contributed by atoms with Crippen molar-refractivity contribution in [3.05, 3.63) is 24.3 Å². The summed E-state index contributed by atoms with van der Waals surface area (Å²) in [6.07, 6.45) is -0.633. The van der Waals surface area contributed by atoms with Gasteiger partial charge in [0.25, 0.3) is 0 Å².